The standard InChI is InChI=1S/C15H13N3/c1-9-5-6-12-11(8-9)13-15(16-12)18-7-3-4-10(2)14(18)17-13/h3-8,16H,1-2H3. The Morgan fingerprint density at radius 1 is 1.17 bits per heavy atom. The fourth-order valence-corrected chi connectivity index (χ4v) is 2.60. The fraction of sp³-hybridized carbons (Fsp3) is 0.133. The molecule has 0 spiro atoms. The average molecular weight is 235 g/mol. The zero-order valence-electron chi connectivity index (χ0n) is 10.4. The Kier molecular flexibility index (Phi) is 1.69. The summed E-state index contributed by atoms with van der Waals surface area (Å²) in [6.07, 6.45) is 2.06. The molecule has 3 heterocycles. The van der Waals surface area contributed by atoms with Crippen molar-refractivity contribution in [1.82, 2.24) is 14.4 Å². The normalized spacial score (nSPS) is 11.9. The summed E-state index contributed by atoms with van der Waals surface area (Å²) >= 11 is 0. The van der Waals surface area contributed by atoms with E-state index in [2.05, 4.69) is 59.8 Å². The van der Waals surface area contributed by atoms with E-state index < -0.39 is 0 Å². The van der Waals surface area contributed by atoms with Crippen LogP contribution in [0.25, 0.3) is 27.7 Å². The maximum atomic E-state index is 4.78. The van der Waals surface area contributed by atoms with Crippen molar-refractivity contribution in [1.29, 1.82) is 0 Å². The van der Waals surface area contributed by atoms with Crippen molar-refractivity contribution in [2.45, 2.75) is 13.8 Å². The molecule has 1 N–H and O–H groups in total. The lowest BCUT2D eigenvalue weighted by Crippen LogP contribution is -1.87. The first-order valence-corrected chi connectivity index (χ1v) is 6.10. The summed E-state index contributed by atoms with van der Waals surface area (Å²) in [4.78, 5) is 8.23. The highest BCUT2D eigenvalue weighted by Gasteiger charge is 2.11. The molecular formula is C15H13N3. The first-order chi connectivity index (χ1) is 8.74. The Morgan fingerprint density at radius 2 is 2.06 bits per heavy atom. The van der Waals surface area contributed by atoms with Crippen LogP contribution < -0.4 is 0 Å². The number of nitrogens with one attached hydrogen (secondary N) is 1. The maximum absolute atomic E-state index is 4.78. The van der Waals surface area contributed by atoms with Gasteiger partial charge in [-0.15, -0.1) is 0 Å². The largest absolute Gasteiger partial charge is 0.339 e. The van der Waals surface area contributed by atoms with E-state index in [1.807, 2.05) is 0 Å². The summed E-state index contributed by atoms with van der Waals surface area (Å²) < 4.78 is 2.12. The van der Waals surface area contributed by atoms with Gasteiger partial charge in [0.1, 0.15) is 16.8 Å². The topological polar surface area (TPSA) is 33.1 Å². The van der Waals surface area contributed by atoms with E-state index in [1.54, 1.807) is 0 Å². The Bertz CT molecular complexity index is 896. The maximum Gasteiger partial charge on any atom is 0.143 e. The number of aryl methyl sites for hydroxylation is 2. The number of aromatic nitrogens is 3. The molecule has 0 aliphatic carbocycles. The Labute approximate surface area is 104 Å². The molecule has 88 valence electrons. The van der Waals surface area contributed by atoms with Crippen LogP contribution in [0.15, 0.2) is 36.5 Å². The number of hydrogen-bond donors (Lipinski definition) is 1. The zero-order chi connectivity index (χ0) is 12.3. The van der Waals surface area contributed by atoms with Crippen molar-refractivity contribution in [3.63, 3.8) is 0 Å². The van der Waals surface area contributed by atoms with Crippen molar-refractivity contribution >= 4 is 27.7 Å². The molecule has 0 radical (unpaired) electrons. The second-order valence-electron chi connectivity index (χ2n) is 4.87. The van der Waals surface area contributed by atoms with Crippen LogP contribution in [0.1, 0.15) is 11.1 Å². The molecule has 3 heteroatoms. The van der Waals surface area contributed by atoms with Crippen molar-refractivity contribution in [3.8, 4) is 0 Å². The molecule has 0 fully saturated rings. The molecule has 0 saturated carbocycles. The summed E-state index contributed by atoms with van der Waals surface area (Å²) in [7, 11) is 0. The first kappa shape index (κ1) is 9.71. The summed E-state index contributed by atoms with van der Waals surface area (Å²) in [5.41, 5.74) is 6.77. The van der Waals surface area contributed by atoms with Gasteiger partial charge in [-0.3, -0.25) is 4.40 Å². The third-order valence-electron chi connectivity index (χ3n) is 3.53. The number of benzene rings is 1. The van der Waals surface area contributed by atoms with Crippen LogP contribution in [-0.4, -0.2) is 14.4 Å². The molecule has 3 aromatic heterocycles. The van der Waals surface area contributed by atoms with E-state index in [9.17, 15) is 0 Å². The van der Waals surface area contributed by atoms with Gasteiger partial charge in [0, 0.05) is 17.1 Å². The number of imidazole rings is 1. The third-order valence-corrected chi connectivity index (χ3v) is 3.53. The predicted molar refractivity (Wildman–Crippen MR) is 74.0 cm³/mol. The van der Waals surface area contributed by atoms with Crippen LogP contribution >= 0.6 is 0 Å². The number of aromatic amines is 1. The first-order valence-electron chi connectivity index (χ1n) is 6.10. The third kappa shape index (κ3) is 1.11. The molecule has 0 aliphatic rings. The highest BCUT2D eigenvalue weighted by atomic mass is 15.1. The number of hydrogen-bond acceptors (Lipinski definition) is 1. The summed E-state index contributed by atoms with van der Waals surface area (Å²) in [5, 5.41) is 1.20. The van der Waals surface area contributed by atoms with Crippen LogP contribution in [0.2, 0.25) is 0 Å². The van der Waals surface area contributed by atoms with Crippen molar-refractivity contribution in [2.24, 2.45) is 0 Å². The highest BCUT2D eigenvalue weighted by Crippen LogP contribution is 2.27. The van der Waals surface area contributed by atoms with E-state index in [0.29, 0.717) is 0 Å². The fourth-order valence-electron chi connectivity index (χ4n) is 2.60. The lowest BCUT2D eigenvalue weighted by molar-refractivity contribution is 1.17. The number of H-pyrrole nitrogens is 1. The van der Waals surface area contributed by atoms with Crippen LogP contribution in [0.5, 0.6) is 0 Å². The number of nitrogens with zero attached hydrogens (tertiary/aromatic N) is 2. The minimum absolute atomic E-state index is 1.03. The van der Waals surface area contributed by atoms with Crippen LogP contribution in [0, 0.1) is 13.8 Å². The molecule has 0 atom stereocenters. The number of pyridine rings is 1. The smallest absolute Gasteiger partial charge is 0.143 e. The molecule has 0 bridgehead atoms. The van der Waals surface area contributed by atoms with E-state index in [-0.39, 0.29) is 0 Å². The van der Waals surface area contributed by atoms with Gasteiger partial charge >= 0.3 is 0 Å². The van der Waals surface area contributed by atoms with Crippen LogP contribution in [-0.2, 0) is 0 Å². The Hall–Kier alpha value is -2.29. The monoisotopic (exact) mass is 235 g/mol. The quantitative estimate of drug-likeness (QED) is 0.496. The number of fused-ring (bicyclic) bond motifs is 5. The zero-order valence-corrected chi connectivity index (χ0v) is 10.4. The Balaban J connectivity index is 2.29. The van der Waals surface area contributed by atoms with Gasteiger partial charge in [0.05, 0.1) is 0 Å². The van der Waals surface area contributed by atoms with Gasteiger partial charge in [0.25, 0.3) is 0 Å². The van der Waals surface area contributed by atoms with E-state index in [0.717, 1.165) is 22.3 Å². The van der Waals surface area contributed by atoms with E-state index in [1.165, 1.54) is 16.5 Å². The lowest BCUT2D eigenvalue weighted by Gasteiger charge is -1.97. The number of rotatable bonds is 0. The Morgan fingerprint density at radius 3 is 2.94 bits per heavy atom. The van der Waals surface area contributed by atoms with E-state index >= 15 is 0 Å². The molecule has 18 heavy (non-hydrogen) atoms. The van der Waals surface area contributed by atoms with E-state index in [4.69, 9.17) is 4.98 Å². The minimum atomic E-state index is 1.03. The molecule has 0 aliphatic heterocycles. The summed E-state index contributed by atoms with van der Waals surface area (Å²) in [6.45, 7) is 4.20. The van der Waals surface area contributed by atoms with Gasteiger partial charge in [-0.1, -0.05) is 17.7 Å². The predicted octanol–water partition coefficient (Wildman–Crippen LogP) is 3.59. The molecule has 4 aromatic rings. The van der Waals surface area contributed by atoms with Gasteiger partial charge in [0.2, 0.25) is 0 Å². The second-order valence-corrected chi connectivity index (χ2v) is 4.87. The second kappa shape index (κ2) is 3.13. The van der Waals surface area contributed by atoms with Crippen molar-refractivity contribution < 1.29 is 0 Å². The van der Waals surface area contributed by atoms with Crippen LogP contribution in [0.3, 0.4) is 0 Å². The average Bonchev–Trinajstić information content (AvgIpc) is 2.87. The SMILES string of the molecule is Cc1ccc2[nH]c3c(nc4c(C)cccn43)c2c1. The molecular weight excluding hydrogens is 222 g/mol. The summed E-state index contributed by atoms with van der Waals surface area (Å²) in [5.74, 6) is 0. The molecule has 3 nitrogen and oxygen atoms in total. The highest BCUT2D eigenvalue weighted by molar-refractivity contribution is 6.05. The summed E-state index contributed by atoms with van der Waals surface area (Å²) in [6, 6.07) is 10.6. The van der Waals surface area contributed by atoms with Gasteiger partial charge in [0.15, 0.2) is 0 Å². The minimum Gasteiger partial charge on any atom is -0.339 e. The molecule has 0 amide bonds. The van der Waals surface area contributed by atoms with Crippen molar-refractivity contribution in [2.75, 3.05) is 0 Å². The van der Waals surface area contributed by atoms with Gasteiger partial charge in [-0.2, -0.15) is 0 Å². The molecule has 0 unspecified atom stereocenters. The van der Waals surface area contributed by atoms with Gasteiger partial charge in [-0.25, -0.2) is 4.98 Å². The molecule has 0 saturated heterocycles. The lowest BCUT2D eigenvalue weighted by atomic mass is 10.2. The van der Waals surface area contributed by atoms with Gasteiger partial charge < -0.3 is 4.98 Å². The molecule has 1 aromatic carbocycles. The molecule has 4 rings (SSSR count). The van der Waals surface area contributed by atoms with Crippen molar-refractivity contribution in [3.05, 3.63) is 47.7 Å². The van der Waals surface area contributed by atoms with Gasteiger partial charge in [-0.05, 0) is 37.6 Å². The van der Waals surface area contributed by atoms with Crippen LogP contribution in [0.4, 0.5) is 0 Å².